The van der Waals surface area contributed by atoms with Gasteiger partial charge in [0.1, 0.15) is 0 Å². The van der Waals surface area contributed by atoms with Gasteiger partial charge in [0.15, 0.2) is 0 Å². The number of rotatable bonds is 1. The number of fused-ring (bicyclic) bond motifs is 1. The second kappa shape index (κ2) is 5.56. The maximum absolute atomic E-state index is 2.52. The topological polar surface area (TPSA) is 0 Å². The maximum atomic E-state index is 2.52. The van der Waals surface area contributed by atoms with Gasteiger partial charge in [-0.2, -0.15) is 0 Å². The van der Waals surface area contributed by atoms with Gasteiger partial charge in [-0.3, -0.25) is 0 Å². The Morgan fingerprint density at radius 2 is 1.62 bits per heavy atom. The van der Waals surface area contributed by atoms with E-state index in [9.17, 15) is 0 Å². The van der Waals surface area contributed by atoms with E-state index >= 15 is 0 Å². The highest BCUT2D eigenvalue weighted by molar-refractivity contribution is 5.02. The van der Waals surface area contributed by atoms with Gasteiger partial charge in [0.05, 0.1) is 0 Å². The van der Waals surface area contributed by atoms with Crippen molar-refractivity contribution in [2.75, 3.05) is 0 Å². The predicted molar refractivity (Wildman–Crippen MR) is 73.5 cm³/mol. The Balaban J connectivity index is 0.000000386. The van der Waals surface area contributed by atoms with Gasteiger partial charge in [0.25, 0.3) is 0 Å². The lowest BCUT2D eigenvalue weighted by Gasteiger charge is -2.33. The second-order valence-electron chi connectivity index (χ2n) is 6.60. The fourth-order valence-corrected chi connectivity index (χ4v) is 4.69. The van der Waals surface area contributed by atoms with Crippen molar-refractivity contribution in [3.63, 3.8) is 0 Å². The van der Waals surface area contributed by atoms with Gasteiger partial charge in [0, 0.05) is 0 Å². The fraction of sp³-hybridized carbons (Fsp3) is 1.00. The summed E-state index contributed by atoms with van der Waals surface area (Å²) in [7, 11) is 0. The van der Waals surface area contributed by atoms with Crippen molar-refractivity contribution in [1.29, 1.82) is 0 Å². The standard InChI is InChI=1S/C13H24.C3H8/c1-5-11-9(2)10-7-6-8-12(10)13(11,3)4;1-3-2/h9-12H,5-8H2,1-4H3;3H2,1-2H3. The van der Waals surface area contributed by atoms with Crippen molar-refractivity contribution < 1.29 is 0 Å². The molecule has 16 heavy (non-hydrogen) atoms. The lowest BCUT2D eigenvalue weighted by atomic mass is 9.72. The second-order valence-corrected chi connectivity index (χ2v) is 6.60. The molecule has 0 bridgehead atoms. The third-order valence-electron chi connectivity index (χ3n) is 5.23. The molecule has 0 aliphatic heterocycles. The first-order valence-electron chi connectivity index (χ1n) is 7.50. The molecule has 2 aliphatic carbocycles. The highest BCUT2D eigenvalue weighted by Crippen LogP contribution is 2.61. The van der Waals surface area contributed by atoms with Crippen LogP contribution >= 0.6 is 0 Å². The minimum Gasteiger partial charge on any atom is -0.0656 e. The SMILES string of the molecule is CCC.CCC1C(C)C2CCCC2C1(C)C. The summed E-state index contributed by atoms with van der Waals surface area (Å²) in [6, 6.07) is 0. The first-order chi connectivity index (χ1) is 7.50. The Morgan fingerprint density at radius 1 is 1.06 bits per heavy atom. The summed E-state index contributed by atoms with van der Waals surface area (Å²) in [4.78, 5) is 0. The van der Waals surface area contributed by atoms with Gasteiger partial charge in [-0.25, -0.2) is 0 Å². The summed E-state index contributed by atoms with van der Waals surface area (Å²) in [5.74, 6) is 4.10. The van der Waals surface area contributed by atoms with Crippen molar-refractivity contribution in [2.45, 2.75) is 73.6 Å². The van der Waals surface area contributed by atoms with E-state index < -0.39 is 0 Å². The van der Waals surface area contributed by atoms with Gasteiger partial charge in [0.2, 0.25) is 0 Å². The smallest absolute Gasteiger partial charge is 0.0292 e. The lowest BCUT2D eigenvalue weighted by molar-refractivity contribution is 0.163. The average molecular weight is 224 g/mol. The molecule has 0 spiro atoms. The van der Waals surface area contributed by atoms with Crippen LogP contribution in [-0.2, 0) is 0 Å². The van der Waals surface area contributed by atoms with E-state index in [0.29, 0.717) is 5.41 Å². The molecular weight excluding hydrogens is 192 g/mol. The Kier molecular flexibility index (Phi) is 4.88. The summed E-state index contributed by atoms with van der Waals surface area (Å²) in [6.45, 7) is 14.2. The highest BCUT2D eigenvalue weighted by Gasteiger charge is 2.53. The first-order valence-corrected chi connectivity index (χ1v) is 7.50. The van der Waals surface area contributed by atoms with Crippen molar-refractivity contribution in [1.82, 2.24) is 0 Å². The van der Waals surface area contributed by atoms with Gasteiger partial charge >= 0.3 is 0 Å². The molecule has 2 saturated carbocycles. The van der Waals surface area contributed by atoms with Crippen LogP contribution in [0.3, 0.4) is 0 Å². The van der Waals surface area contributed by atoms with Crippen molar-refractivity contribution >= 4 is 0 Å². The third-order valence-corrected chi connectivity index (χ3v) is 5.23. The van der Waals surface area contributed by atoms with Crippen LogP contribution in [0.4, 0.5) is 0 Å². The molecule has 2 rings (SSSR count). The molecule has 0 aromatic heterocycles. The minimum atomic E-state index is 0.634. The van der Waals surface area contributed by atoms with E-state index in [1.54, 1.807) is 0 Å². The molecule has 0 saturated heterocycles. The van der Waals surface area contributed by atoms with Crippen LogP contribution in [0.15, 0.2) is 0 Å². The molecule has 2 fully saturated rings. The van der Waals surface area contributed by atoms with E-state index in [1.807, 2.05) is 0 Å². The predicted octanol–water partition coefficient (Wildman–Crippen LogP) is 5.52. The van der Waals surface area contributed by atoms with Crippen molar-refractivity contribution in [2.24, 2.45) is 29.1 Å². The summed E-state index contributed by atoms with van der Waals surface area (Å²) in [5.41, 5.74) is 0.634. The molecule has 4 unspecified atom stereocenters. The Bertz CT molecular complexity index is 200. The summed E-state index contributed by atoms with van der Waals surface area (Å²) in [6.07, 6.45) is 7.17. The van der Waals surface area contributed by atoms with Crippen LogP contribution in [0.25, 0.3) is 0 Å². The van der Waals surface area contributed by atoms with Crippen LogP contribution in [0.5, 0.6) is 0 Å². The zero-order valence-electron chi connectivity index (χ0n) is 12.3. The zero-order chi connectivity index (χ0) is 12.3. The van der Waals surface area contributed by atoms with Gasteiger partial charge in [-0.05, 0) is 41.9 Å². The van der Waals surface area contributed by atoms with Crippen LogP contribution in [0, 0.1) is 29.1 Å². The molecule has 0 aromatic rings. The van der Waals surface area contributed by atoms with E-state index in [4.69, 9.17) is 0 Å². The summed E-state index contributed by atoms with van der Waals surface area (Å²) in [5, 5.41) is 0. The molecule has 4 atom stereocenters. The number of hydrogen-bond acceptors (Lipinski definition) is 0. The van der Waals surface area contributed by atoms with Crippen LogP contribution < -0.4 is 0 Å². The number of hydrogen-bond donors (Lipinski definition) is 0. The van der Waals surface area contributed by atoms with E-state index in [0.717, 1.165) is 23.7 Å². The molecule has 0 aromatic carbocycles. The Morgan fingerprint density at radius 3 is 2.06 bits per heavy atom. The van der Waals surface area contributed by atoms with E-state index in [1.165, 1.54) is 32.1 Å². The summed E-state index contributed by atoms with van der Waals surface area (Å²) >= 11 is 0. The summed E-state index contributed by atoms with van der Waals surface area (Å²) < 4.78 is 0. The molecule has 0 amide bonds. The first kappa shape index (κ1) is 14.1. The largest absolute Gasteiger partial charge is 0.0656 e. The molecule has 0 nitrogen and oxygen atoms in total. The highest BCUT2D eigenvalue weighted by atomic mass is 14.6. The molecule has 0 radical (unpaired) electrons. The van der Waals surface area contributed by atoms with Crippen LogP contribution in [-0.4, -0.2) is 0 Å². The van der Waals surface area contributed by atoms with Gasteiger partial charge in [-0.15, -0.1) is 0 Å². The molecule has 0 heteroatoms. The van der Waals surface area contributed by atoms with Crippen LogP contribution in [0.1, 0.15) is 73.6 Å². The van der Waals surface area contributed by atoms with Gasteiger partial charge < -0.3 is 0 Å². The maximum Gasteiger partial charge on any atom is -0.0292 e. The molecular formula is C16H32. The quantitative estimate of drug-likeness (QED) is 0.550. The van der Waals surface area contributed by atoms with Crippen molar-refractivity contribution in [3.05, 3.63) is 0 Å². The van der Waals surface area contributed by atoms with Crippen LogP contribution in [0.2, 0.25) is 0 Å². The van der Waals surface area contributed by atoms with E-state index in [-0.39, 0.29) is 0 Å². The molecule has 96 valence electrons. The normalized spacial score (nSPS) is 40.1. The van der Waals surface area contributed by atoms with E-state index in [2.05, 4.69) is 41.5 Å². The zero-order valence-corrected chi connectivity index (χ0v) is 12.3. The molecule has 0 heterocycles. The Hall–Kier alpha value is 0. The molecule has 2 aliphatic rings. The molecule has 0 N–H and O–H groups in total. The Labute approximate surface area is 103 Å². The monoisotopic (exact) mass is 224 g/mol. The van der Waals surface area contributed by atoms with Gasteiger partial charge in [-0.1, -0.05) is 60.8 Å². The fourth-order valence-electron chi connectivity index (χ4n) is 4.69. The minimum absolute atomic E-state index is 0.634. The average Bonchev–Trinajstić information content (AvgIpc) is 2.73. The lowest BCUT2D eigenvalue weighted by Crippen LogP contribution is -2.25. The third kappa shape index (κ3) is 2.31. The van der Waals surface area contributed by atoms with Crippen molar-refractivity contribution in [3.8, 4) is 0 Å².